The van der Waals surface area contributed by atoms with Crippen LogP contribution in [0.3, 0.4) is 0 Å². The second kappa shape index (κ2) is 9.12. The number of aryl methyl sites for hydroxylation is 1. The Bertz CT molecular complexity index is 685. The number of methoxy groups -OCH3 is 1. The van der Waals surface area contributed by atoms with Gasteiger partial charge in [0, 0.05) is 29.4 Å². The van der Waals surface area contributed by atoms with Crippen molar-refractivity contribution < 1.29 is 9.47 Å². The molecule has 0 unspecified atom stereocenters. The van der Waals surface area contributed by atoms with Gasteiger partial charge in [0.2, 0.25) is 0 Å². The van der Waals surface area contributed by atoms with Crippen molar-refractivity contribution in [2.45, 2.75) is 27.3 Å². The first kappa shape index (κ1) is 18.1. The number of aromatic nitrogens is 1. The Balaban J connectivity index is 2.12. The molecular formula is C17H24N4O2S. The van der Waals surface area contributed by atoms with Crippen LogP contribution < -0.4 is 20.1 Å². The van der Waals surface area contributed by atoms with Crippen molar-refractivity contribution >= 4 is 23.0 Å². The summed E-state index contributed by atoms with van der Waals surface area (Å²) >= 11 is 1.66. The maximum absolute atomic E-state index is 5.61. The quantitative estimate of drug-likeness (QED) is 0.593. The lowest BCUT2D eigenvalue weighted by Gasteiger charge is -2.14. The van der Waals surface area contributed by atoms with E-state index in [0.29, 0.717) is 30.6 Å². The predicted octanol–water partition coefficient (Wildman–Crippen LogP) is 3.44. The average molecular weight is 348 g/mol. The zero-order valence-corrected chi connectivity index (χ0v) is 15.4. The van der Waals surface area contributed by atoms with E-state index in [4.69, 9.17) is 9.47 Å². The molecule has 7 heteroatoms. The second-order valence-electron chi connectivity index (χ2n) is 4.98. The van der Waals surface area contributed by atoms with Crippen LogP contribution in [0.25, 0.3) is 0 Å². The van der Waals surface area contributed by atoms with Gasteiger partial charge in [0.05, 0.1) is 20.3 Å². The Kier molecular flexibility index (Phi) is 6.87. The first-order chi connectivity index (χ1) is 11.7. The monoisotopic (exact) mass is 348 g/mol. The molecule has 1 aromatic carbocycles. The molecule has 0 spiro atoms. The third kappa shape index (κ3) is 5.13. The predicted molar refractivity (Wildman–Crippen MR) is 99.5 cm³/mol. The lowest BCUT2D eigenvalue weighted by atomic mass is 10.2. The van der Waals surface area contributed by atoms with Gasteiger partial charge in [0.1, 0.15) is 5.01 Å². The van der Waals surface area contributed by atoms with Gasteiger partial charge in [-0.15, -0.1) is 11.3 Å². The molecule has 24 heavy (non-hydrogen) atoms. The first-order valence-electron chi connectivity index (χ1n) is 7.93. The van der Waals surface area contributed by atoms with Crippen molar-refractivity contribution in [1.82, 2.24) is 10.3 Å². The summed E-state index contributed by atoms with van der Waals surface area (Å²) in [7, 11) is 1.63. The van der Waals surface area contributed by atoms with E-state index in [9.17, 15) is 0 Å². The molecule has 2 N–H and O–H groups in total. The van der Waals surface area contributed by atoms with Crippen LogP contribution in [-0.2, 0) is 6.54 Å². The van der Waals surface area contributed by atoms with Gasteiger partial charge < -0.3 is 20.1 Å². The number of benzene rings is 1. The molecule has 0 saturated carbocycles. The highest BCUT2D eigenvalue weighted by molar-refractivity contribution is 7.11. The van der Waals surface area contributed by atoms with Crippen molar-refractivity contribution in [3.05, 3.63) is 34.3 Å². The van der Waals surface area contributed by atoms with Gasteiger partial charge in [0.25, 0.3) is 0 Å². The van der Waals surface area contributed by atoms with Gasteiger partial charge in [-0.05, 0) is 32.9 Å². The molecule has 0 aliphatic rings. The maximum atomic E-state index is 5.61. The summed E-state index contributed by atoms with van der Waals surface area (Å²) in [4.78, 5) is 10.1. The average Bonchev–Trinajstić information content (AvgIpc) is 2.99. The number of thiazole rings is 1. The Morgan fingerprint density at radius 3 is 2.75 bits per heavy atom. The smallest absolute Gasteiger partial charge is 0.196 e. The van der Waals surface area contributed by atoms with Crippen LogP contribution in [0.4, 0.5) is 5.69 Å². The van der Waals surface area contributed by atoms with Crippen LogP contribution in [-0.4, -0.2) is 31.2 Å². The number of ether oxygens (including phenoxy) is 2. The minimum absolute atomic E-state index is 0.544. The molecule has 0 fully saturated rings. The van der Waals surface area contributed by atoms with E-state index in [2.05, 4.69) is 20.6 Å². The maximum Gasteiger partial charge on any atom is 0.196 e. The number of anilines is 1. The van der Waals surface area contributed by atoms with E-state index in [1.54, 1.807) is 18.4 Å². The van der Waals surface area contributed by atoms with Gasteiger partial charge in [-0.3, -0.25) is 0 Å². The van der Waals surface area contributed by atoms with E-state index in [1.165, 1.54) is 4.88 Å². The van der Waals surface area contributed by atoms with Crippen LogP contribution in [0.2, 0.25) is 0 Å². The molecule has 0 radical (unpaired) electrons. The standard InChI is InChI=1S/C17H24N4O2S/c1-5-18-17(20-11-16-19-10-12(3)24-16)21-13-7-8-14(22-4)15(9-13)23-6-2/h7-10H,5-6,11H2,1-4H3,(H2,18,20,21). The molecule has 0 bridgehead atoms. The Labute approximate surface area is 146 Å². The number of guanidine groups is 1. The van der Waals surface area contributed by atoms with Crippen LogP contribution in [0, 0.1) is 6.92 Å². The molecule has 6 nitrogen and oxygen atoms in total. The first-order valence-corrected chi connectivity index (χ1v) is 8.75. The minimum Gasteiger partial charge on any atom is -0.493 e. The summed E-state index contributed by atoms with van der Waals surface area (Å²) in [5, 5.41) is 7.51. The number of nitrogens with one attached hydrogen (secondary N) is 2. The summed E-state index contributed by atoms with van der Waals surface area (Å²) in [6.07, 6.45) is 1.87. The van der Waals surface area contributed by atoms with Gasteiger partial charge in [-0.25, -0.2) is 9.98 Å². The molecule has 1 heterocycles. The lowest BCUT2D eigenvalue weighted by Crippen LogP contribution is -2.30. The van der Waals surface area contributed by atoms with Gasteiger partial charge in [-0.2, -0.15) is 0 Å². The minimum atomic E-state index is 0.544. The molecule has 2 aromatic rings. The van der Waals surface area contributed by atoms with Crippen molar-refractivity contribution in [2.24, 2.45) is 4.99 Å². The third-order valence-corrected chi connectivity index (χ3v) is 4.01. The molecule has 1 aromatic heterocycles. The lowest BCUT2D eigenvalue weighted by molar-refractivity contribution is 0.311. The normalized spacial score (nSPS) is 11.2. The summed E-state index contributed by atoms with van der Waals surface area (Å²) < 4.78 is 10.9. The highest BCUT2D eigenvalue weighted by atomic mass is 32.1. The molecule has 0 aliphatic carbocycles. The Hall–Kier alpha value is -2.28. The number of hydrogen-bond donors (Lipinski definition) is 2. The number of rotatable bonds is 7. The molecule has 2 rings (SSSR count). The molecule has 130 valence electrons. The zero-order valence-electron chi connectivity index (χ0n) is 14.5. The number of hydrogen-bond acceptors (Lipinski definition) is 5. The second-order valence-corrected chi connectivity index (χ2v) is 6.30. The fourth-order valence-electron chi connectivity index (χ4n) is 2.09. The number of aliphatic imine (C=N–C) groups is 1. The molecular weight excluding hydrogens is 324 g/mol. The molecule has 0 atom stereocenters. The van der Waals surface area contributed by atoms with Crippen molar-refractivity contribution in [2.75, 3.05) is 25.6 Å². The van der Waals surface area contributed by atoms with E-state index >= 15 is 0 Å². The Morgan fingerprint density at radius 1 is 1.29 bits per heavy atom. The van der Waals surface area contributed by atoms with Crippen molar-refractivity contribution in [3.8, 4) is 11.5 Å². The van der Waals surface area contributed by atoms with E-state index in [-0.39, 0.29) is 0 Å². The highest BCUT2D eigenvalue weighted by Crippen LogP contribution is 2.30. The van der Waals surface area contributed by atoms with Crippen LogP contribution in [0.1, 0.15) is 23.7 Å². The topological polar surface area (TPSA) is 67.8 Å². The SMILES string of the molecule is CCNC(=NCc1ncc(C)s1)Nc1ccc(OC)c(OCC)c1. The molecule has 0 aliphatic heterocycles. The van der Waals surface area contributed by atoms with Crippen molar-refractivity contribution in [1.29, 1.82) is 0 Å². The summed E-state index contributed by atoms with van der Waals surface area (Å²) in [6, 6.07) is 5.71. The Morgan fingerprint density at radius 2 is 2.12 bits per heavy atom. The van der Waals surface area contributed by atoms with Crippen LogP contribution in [0.5, 0.6) is 11.5 Å². The zero-order chi connectivity index (χ0) is 17.4. The number of nitrogens with zero attached hydrogens (tertiary/aromatic N) is 2. The summed E-state index contributed by atoms with van der Waals surface area (Å²) in [5.74, 6) is 2.12. The van der Waals surface area contributed by atoms with Crippen LogP contribution >= 0.6 is 11.3 Å². The fraction of sp³-hybridized carbons (Fsp3) is 0.412. The van der Waals surface area contributed by atoms with E-state index < -0.39 is 0 Å². The molecule has 0 saturated heterocycles. The largest absolute Gasteiger partial charge is 0.493 e. The van der Waals surface area contributed by atoms with Gasteiger partial charge in [0.15, 0.2) is 17.5 Å². The van der Waals surface area contributed by atoms with Gasteiger partial charge >= 0.3 is 0 Å². The van der Waals surface area contributed by atoms with E-state index in [1.807, 2.05) is 45.2 Å². The summed E-state index contributed by atoms with van der Waals surface area (Å²) in [5.41, 5.74) is 0.884. The van der Waals surface area contributed by atoms with Gasteiger partial charge in [-0.1, -0.05) is 0 Å². The highest BCUT2D eigenvalue weighted by Gasteiger charge is 2.07. The van der Waals surface area contributed by atoms with E-state index in [0.717, 1.165) is 17.2 Å². The van der Waals surface area contributed by atoms with Crippen molar-refractivity contribution in [3.63, 3.8) is 0 Å². The third-order valence-electron chi connectivity index (χ3n) is 3.11. The van der Waals surface area contributed by atoms with Crippen LogP contribution in [0.15, 0.2) is 29.4 Å². The fourth-order valence-corrected chi connectivity index (χ4v) is 2.80. The molecule has 0 amide bonds. The summed E-state index contributed by atoms with van der Waals surface area (Å²) in [6.45, 7) is 7.92.